The number of benzene rings is 1. The van der Waals surface area contributed by atoms with Crippen molar-refractivity contribution in [3.8, 4) is 11.5 Å². The van der Waals surface area contributed by atoms with Crippen LogP contribution in [0.1, 0.15) is 12.8 Å². The number of hydrogen-bond donors (Lipinski definition) is 2. The van der Waals surface area contributed by atoms with E-state index in [2.05, 4.69) is 10.0 Å². The van der Waals surface area contributed by atoms with Crippen LogP contribution in [0.5, 0.6) is 11.5 Å². The number of fused-ring (bicyclic) bond motifs is 1. The lowest BCUT2D eigenvalue weighted by Gasteiger charge is -2.19. The molecule has 118 valence electrons. The van der Waals surface area contributed by atoms with Gasteiger partial charge in [0, 0.05) is 18.7 Å². The van der Waals surface area contributed by atoms with Gasteiger partial charge in [-0.25, -0.2) is 13.1 Å². The molecule has 1 unspecified atom stereocenters. The largest absolute Gasteiger partial charge is 0.486 e. The second-order valence-corrected chi connectivity index (χ2v) is 6.72. The number of halogens is 1. The lowest BCUT2D eigenvalue weighted by Crippen LogP contribution is -2.37. The van der Waals surface area contributed by atoms with Gasteiger partial charge >= 0.3 is 0 Å². The van der Waals surface area contributed by atoms with Crippen molar-refractivity contribution in [2.24, 2.45) is 0 Å². The Balaban J connectivity index is 0.00000161. The van der Waals surface area contributed by atoms with E-state index in [1.165, 1.54) is 12.1 Å². The Morgan fingerprint density at radius 2 is 2.00 bits per heavy atom. The molecule has 1 aromatic rings. The molecule has 2 heterocycles. The first-order valence-corrected chi connectivity index (χ1v) is 8.26. The van der Waals surface area contributed by atoms with Gasteiger partial charge in [-0.05, 0) is 31.5 Å². The summed E-state index contributed by atoms with van der Waals surface area (Å²) in [6, 6.07) is 4.91. The Hall–Kier alpha value is -1.02. The monoisotopic (exact) mass is 334 g/mol. The van der Waals surface area contributed by atoms with Crippen molar-refractivity contribution >= 4 is 22.4 Å². The van der Waals surface area contributed by atoms with Crippen molar-refractivity contribution < 1.29 is 17.9 Å². The summed E-state index contributed by atoms with van der Waals surface area (Å²) in [5, 5.41) is 3.26. The Morgan fingerprint density at radius 1 is 1.24 bits per heavy atom. The molecule has 1 fully saturated rings. The van der Waals surface area contributed by atoms with E-state index in [0.717, 1.165) is 19.4 Å². The molecule has 0 aliphatic carbocycles. The highest BCUT2D eigenvalue weighted by molar-refractivity contribution is 7.89. The summed E-state index contributed by atoms with van der Waals surface area (Å²) < 4.78 is 37.9. The molecule has 1 atom stereocenters. The smallest absolute Gasteiger partial charge is 0.240 e. The van der Waals surface area contributed by atoms with Gasteiger partial charge in [0.15, 0.2) is 11.5 Å². The Morgan fingerprint density at radius 3 is 2.71 bits per heavy atom. The first-order valence-electron chi connectivity index (χ1n) is 6.78. The maximum absolute atomic E-state index is 12.2. The summed E-state index contributed by atoms with van der Waals surface area (Å²) in [6.45, 7) is 2.30. The second kappa shape index (κ2) is 6.83. The van der Waals surface area contributed by atoms with E-state index < -0.39 is 10.0 Å². The maximum Gasteiger partial charge on any atom is 0.240 e. The minimum absolute atomic E-state index is 0. The summed E-state index contributed by atoms with van der Waals surface area (Å²) in [5.41, 5.74) is 0. The average Bonchev–Trinajstić information content (AvgIpc) is 2.98. The summed E-state index contributed by atoms with van der Waals surface area (Å²) in [5.74, 6) is 1.07. The molecule has 21 heavy (non-hydrogen) atoms. The zero-order valence-electron chi connectivity index (χ0n) is 11.5. The van der Waals surface area contributed by atoms with E-state index in [1.54, 1.807) is 6.07 Å². The Kier molecular flexibility index (Phi) is 5.32. The highest BCUT2D eigenvalue weighted by Crippen LogP contribution is 2.32. The average molecular weight is 335 g/mol. The van der Waals surface area contributed by atoms with Crippen LogP contribution in [0.15, 0.2) is 23.1 Å². The van der Waals surface area contributed by atoms with Gasteiger partial charge in [-0.3, -0.25) is 0 Å². The summed E-state index contributed by atoms with van der Waals surface area (Å²) in [4.78, 5) is 0.208. The van der Waals surface area contributed by atoms with Crippen molar-refractivity contribution in [1.29, 1.82) is 0 Å². The third-order valence-corrected chi connectivity index (χ3v) is 4.93. The highest BCUT2D eigenvalue weighted by Gasteiger charge is 2.21. The lowest BCUT2D eigenvalue weighted by molar-refractivity contribution is 0.171. The van der Waals surface area contributed by atoms with E-state index in [0.29, 0.717) is 31.3 Å². The molecule has 2 aliphatic heterocycles. The fourth-order valence-corrected chi connectivity index (χ4v) is 3.51. The van der Waals surface area contributed by atoms with Crippen LogP contribution in [0.3, 0.4) is 0 Å². The van der Waals surface area contributed by atoms with Gasteiger partial charge in [-0.1, -0.05) is 0 Å². The number of rotatable bonds is 4. The molecule has 2 aliphatic rings. The van der Waals surface area contributed by atoms with E-state index in [1.807, 2.05) is 0 Å². The predicted molar refractivity (Wildman–Crippen MR) is 80.9 cm³/mol. The molecule has 6 nitrogen and oxygen atoms in total. The molecule has 0 radical (unpaired) electrons. The van der Waals surface area contributed by atoms with Crippen LogP contribution in [-0.4, -0.2) is 40.8 Å². The normalized spacial score (nSPS) is 20.9. The van der Waals surface area contributed by atoms with Crippen LogP contribution in [-0.2, 0) is 10.0 Å². The van der Waals surface area contributed by atoms with Gasteiger partial charge in [0.2, 0.25) is 10.0 Å². The van der Waals surface area contributed by atoms with Gasteiger partial charge in [0.05, 0.1) is 4.90 Å². The van der Waals surface area contributed by atoms with Gasteiger partial charge in [-0.2, -0.15) is 0 Å². The molecule has 1 aromatic carbocycles. The Labute approximate surface area is 130 Å². The number of hydrogen-bond acceptors (Lipinski definition) is 5. The van der Waals surface area contributed by atoms with Gasteiger partial charge < -0.3 is 14.8 Å². The molecule has 0 aromatic heterocycles. The first kappa shape index (κ1) is 16.4. The summed E-state index contributed by atoms with van der Waals surface area (Å²) in [6.07, 6.45) is 2.10. The lowest BCUT2D eigenvalue weighted by atomic mass is 10.2. The van der Waals surface area contributed by atoms with Crippen molar-refractivity contribution in [2.75, 3.05) is 26.3 Å². The number of nitrogens with one attached hydrogen (secondary N) is 2. The van der Waals surface area contributed by atoms with E-state index in [9.17, 15) is 8.42 Å². The third kappa shape index (κ3) is 3.79. The number of ether oxygens (including phenoxy) is 2. The standard InChI is InChI=1S/C13H18N2O4S.ClH/c16-20(17,15-9-10-2-1-5-14-10)11-3-4-12-13(8-11)19-7-6-18-12;/h3-4,8,10,14-15H,1-2,5-7,9H2;1H. The quantitative estimate of drug-likeness (QED) is 0.856. The zero-order valence-corrected chi connectivity index (χ0v) is 13.1. The molecule has 1 saturated heterocycles. The predicted octanol–water partition coefficient (Wildman–Crippen LogP) is 0.910. The van der Waals surface area contributed by atoms with Crippen LogP contribution in [0, 0.1) is 0 Å². The molecular formula is C13H19ClN2O4S. The minimum atomic E-state index is -3.51. The van der Waals surface area contributed by atoms with Crippen LogP contribution in [0.2, 0.25) is 0 Å². The van der Waals surface area contributed by atoms with Crippen LogP contribution >= 0.6 is 12.4 Å². The molecule has 8 heteroatoms. The molecule has 0 saturated carbocycles. The summed E-state index contributed by atoms with van der Waals surface area (Å²) in [7, 11) is -3.51. The van der Waals surface area contributed by atoms with Crippen LogP contribution in [0.25, 0.3) is 0 Å². The molecule has 0 spiro atoms. The fourth-order valence-electron chi connectivity index (χ4n) is 2.42. The van der Waals surface area contributed by atoms with Crippen molar-refractivity contribution in [1.82, 2.24) is 10.0 Å². The van der Waals surface area contributed by atoms with Gasteiger partial charge in [0.25, 0.3) is 0 Å². The van der Waals surface area contributed by atoms with Gasteiger partial charge in [-0.15, -0.1) is 12.4 Å². The fraction of sp³-hybridized carbons (Fsp3) is 0.538. The van der Waals surface area contributed by atoms with Crippen LogP contribution < -0.4 is 19.5 Å². The molecule has 3 rings (SSSR count). The number of sulfonamides is 1. The minimum Gasteiger partial charge on any atom is -0.486 e. The molecule has 0 amide bonds. The topological polar surface area (TPSA) is 76.7 Å². The second-order valence-electron chi connectivity index (χ2n) is 4.95. The van der Waals surface area contributed by atoms with Crippen molar-refractivity contribution in [3.63, 3.8) is 0 Å². The molecule has 2 N–H and O–H groups in total. The van der Waals surface area contributed by atoms with E-state index >= 15 is 0 Å². The van der Waals surface area contributed by atoms with Crippen molar-refractivity contribution in [3.05, 3.63) is 18.2 Å². The molecular weight excluding hydrogens is 316 g/mol. The first-order chi connectivity index (χ1) is 9.65. The van der Waals surface area contributed by atoms with Gasteiger partial charge in [0.1, 0.15) is 13.2 Å². The molecule has 0 bridgehead atoms. The summed E-state index contributed by atoms with van der Waals surface area (Å²) >= 11 is 0. The van der Waals surface area contributed by atoms with Crippen LogP contribution in [0.4, 0.5) is 0 Å². The Bertz CT molecular complexity index is 588. The highest BCUT2D eigenvalue weighted by atomic mass is 35.5. The third-order valence-electron chi connectivity index (χ3n) is 3.51. The van der Waals surface area contributed by atoms with Crippen molar-refractivity contribution in [2.45, 2.75) is 23.8 Å². The SMILES string of the molecule is Cl.O=S(=O)(NCC1CCCN1)c1ccc2c(c1)OCCO2. The van der Waals surface area contributed by atoms with E-state index in [4.69, 9.17) is 9.47 Å². The van der Waals surface area contributed by atoms with E-state index in [-0.39, 0.29) is 23.3 Å². The maximum atomic E-state index is 12.2. The zero-order chi connectivity index (χ0) is 14.0.